The summed E-state index contributed by atoms with van der Waals surface area (Å²) in [6.07, 6.45) is 2.93. The lowest BCUT2D eigenvalue weighted by atomic mass is 9.97. The molecule has 1 aromatic carbocycles. The first-order chi connectivity index (χ1) is 15.9. The molecule has 10 heteroatoms. The lowest BCUT2D eigenvalue weighted by Gasteiger charge is -2.24. The fourth-order valence-corrected chi connectivity index (χ4v) is 4.14. The van der Waals surface area contributed by atoms with Gasteiger partial charge in [-0.05, 0) is 35.2 Å². The molecule has 0 aliphatic heterocycles. The third-order valence-corrected chi connectivity index (χ3v) is 5.90. The molecule has 0 spiro atoms. The summed E-state index contributed by atoms with van der Waals surface area (Å²) in [6.45, 7) is 2.90. The van der Waals surface area contributed by atoms with Crippen LogP contribution in [0.3, 0.4) is 0 Å². The Morgan fingerprint density at radius 2 is 1.94 bits per heavy atom. The zero-order valence-electron chi connectivity index (χ0n) is 17.8. The predicted octanol–water partition coefficient (Wildman–Crippen LogP) is 2.92. The van der Waals surface area contributed by atoms with E-state index in [1.54, 1.807) is 36.7 Å². The van der Waals surface area contributed by atoms with Crippen molar-refractivity contribution in [3.8, 4) is 5.75 Å². The van der Waals surface area contributed by atoms with E-state index in [-0.39, 0.29) is 32.2 Å². The van der Waals surface area contributed by atoms with E-state index in [4.69, 9.17) is 4.74 Å². The third kappa shape index (κ3) is 6.28. The lowest BCUT2D eigenvalue weighted by Crippen LogP contribution is -2.37. The van der Waals surface area contributed by atoms with Crippen LogP contribution >= 0.6 is 11.3 Å². The molecule has 1 unspecified atom stereocenters. The summed E-state index contributed by atoms with van der Waals surface area (Å²) in [5.74, 6) is -0.754. The Kier molecular flexibility index (Phi) is 8.36. The number of aromatic nitrogens is 1. The van der Waals surface area contributed by atoms with Crippen molar-refractivity contribution < 1.29 is 29.6 Å². The molecule has 0 radical (unpaired) electrons. The number of pyridine rings is 1. The minimum absolute atomic E-state index is 0.0730. The van der Waals surface area contributed by atoms with E-state index >= 15 is 0 Å². The first-order valence-corrected chi connectivity index (χ1v) is 11.0. The second kappa shape index (κ2) is 11.4. The number of ether oxygens (including phenoxy) is 1. The summed E-state index contributed by atoms with van der Waals surface area (Å²) >= 11 is 1.38. The zero-order valence-corrected chi connectivity index (χ0v) is 18.6. The number of nitrogens with one attached hydrogen (secondary N) is 1. The van der Waals surface area contributed by atoms with E-state index in [1.807, 2.05) is 12.1 Å². The van der Waals surface area contributed by atoms with E-state index < -0.39 is 18.1 Å². The molecular weight excluding hydrogens is 446 g/mol. The maximum Gasteiger partial charge on any atom is 0.407 e. The van der Waals surface area contributed by atoms with Crippen LogP contribution in [-0.4, -0.2) is 69.6 Å². The number of nitrogens with zero attached hydrogens (tertiary/aromatic N) is 2. The standard InChI is InChI=1S/C23H25N3O6S/c1-2-9-26(23(30)31)12-19(15-3-5-17(6-4-15)32-18(13-27)14-28)22(29)25-21-10-16-7-8-24-11-20(16)33-21/h2-8,10-11,18-19,27-28H,1,9,12-14H2,(H,25,29)(H,30,31). The van der Waals surface area contributed by atoms with Gasteiger partial charge in [-0.25, -0.2) is 4.79 Å². The summed E-state index contributed by atoms with van der Waals surface area (Å²) in [6, 6.07) is 10.2. The van der Waals surface area contributed by atoms with Crippen LogP contribution < -0.4 is 10.1 Å². The number of fused-ring (bicyclic) bond motifs is 1. The number of rotatable bonds is 11. The summed E-state index contributed by atoms with van der Waals surface area (Å²) in [5.41, 5.74) is 0.586. The number of thiophene rings is 1. The molecule has 2 amide bonds. The van der Waals surface area contributed by atoms with Crippen molar-refractivity contribution in [1.29, 1.82) is 0 Å². The van der Waals surface area contributed by atoms with E-state index in [9.17, 15) is 24.9 Å². The summed E-state index contributed by atoms with van der Waals surface area (Å²) in [4.78, 5) is 30.1. The summed E-state index contributed by atoms with van der Waals surface area (Å²) in [7, 11) is 0. The van der Waals surface area contributed by atoms with E-state index in [0.29, 0.717) is 16.3 Å². The first-order valence-electron chi connectivity index (χ1n) is 10.2. The average Bonchev–Trinajstić information content (AvgIpc) is 3.22. The van der Waals surface area contributed by atoms with Crippen LogP contribution in [0.4, 0.5) is 9.80 Å². The van der Waals surface area contributed by atoms with Crippen LogP contribution in [0.25, 0.3) is 10.1 Å². The van der Waals surface area contributed by atoms with Crippen molar-refractivity contribution in [2.45, 2.75) is 12.0 Å². The normalized spacial score (nSPS) is 11.8. The highest BCUT2D eigenvalue weighted by molar-refractivity contribution is 7.22. The maximum absolute atomic E-state index is 13.2. The number of carbonyl (C=O) groups excluding carboxylic acids is 1. The maximum atomic E-state index is 13.2. The SMILES string of the molecule is C=CCN(CC(C(=O)Nc1cc2ccncc2s1)c1ccc(OC(CO)CO)cc1)C(=O)O. The molecule has 3 aromatic rings. The number of aliphatic hydroxyl groups excluding tert-OH is 2. The number of amides is 2. The molecule has 0 aliphatic rings. The van der Waals surface area contributed by atoms with Gasteiger partial charge in [-0.2, -0.15) is 0 Å². The van der Waals surface area contributed by atoms with E-state index in [1.165, 1.54) is 17.4 Å². The highest BCUT2D eigenvalue weighted by Gasteiger charge is 2.26. The van der Waals surface area contributed by atoms with Crippen LogP contribution in [-0.2, 0) is 4.79 Å². The number of carboxylic acid groups (broad SMARTS) is 1. The molecule has 174 valence electrons. The van der Waals surface area contributed by atoms with E-state index in [2.05, 4.69) is 16.9 Å². The fourth-order valence-electron chi connectivity index (χ4n) is 3.20. The van der Waals surface area contributed by atoms with Crippen LogP contribution in [0, 0.1) is 0 Å². The van der Waals surface area contributed by atoms with Crippen molar-refractivity contribution >= 4 is 38.4 Å². The minimum Gasteiger partial charge on any atom is -0.486 e. The Labute approximate surface area is 194 Å². The molecule has 4 N–H and O–H groups in total. The van der Waals surface area contributed by atoms with E-state index in [0.717, 1.165) is 15.0 Å². The predicted molar refractivity (Wildman–Crippen MR) is 126 cm³/mol. The van der Waals surface area contributed by atoms with Gasteiger partial charge in [0.25, 0.3) is 0 Å². The molecule has 0 fully saturated rings. The van der Waals surface area contributed by atoms with Gasteiger partial charge in [0.2, 0.25) is 5.91 Å². The van der Waals surface area contributed by atoms with Gasteiger partial charge in [-0.1, -0.05) is 18.2 Å². The van der Waals surface area contributed by atoms with Crippen LogP contribution in [0.1, 0.15) is 11.5 Å². The Hall–Kier alpha value is -3.47. The smallest absolute Gasteiger partial charge is 0.407 e. The highest BCUT2D eigenvalue weighted by Crippen LogP contribution is 2.30. The van der Waals surface area contributed by atoms with Crippen molar-refractivity contribution in [1.82, 2.24) is 9.88 Å². The van der Waals surface area contributed by atoms with Gasteiger partial charge in [-0.3, -0.25) is 9.78 Å². The molecule has 2 heterocycles. The number of anilines is 1. The second-order valence-electron chi connectivity index (χ2n) is 7.22. The fraction of sp³-hybridized carbons (Fsp3) is 0.261. The van der Waals surface area contributed by atoms with Crippen LogP contribution in [0.5, 0.6) is 5.75 Å². The molecule has 3 rings (SSSR count). The molecule has 33 heavy (non-hydrogen) atoms. The van der Waals surface area contributed by atoms with Gasteiger partial charge in [0.05, 0.1) is 28.8 Å². The average molecular weight is 472 g/mol. The Balaban J connectivity index is 1.85. The van der Waals surface area contributed by atoms with Gasteiger partial charge < -0.3 is 30.3 Å². The van der Waals surface area contributed by atoms with Crippen LogP contribution in [0.2, 0.25) is 0 Å². The number of carbonyl (C=O) groups is 2. The monoisotopic (exact) mass is 471 g/mol. The first kappa shape index (κ1) is 24.2. The highest BCUT2D eigenvalue weighted by atomic mass is 32.1. The largest absolute Gasteiger partial charge is 0.486 e. The molecule has 0 saturated heterocycles. The number of hydrogen-bond donors (Lipinski definition) is 4. The zero-order chi connectivity index (χ0) is 23.8. The van der Waals surface area contributed by atoms with Crippen LogP contribution in [0.15, 0.2) is 61.4 Å². The van der Waals surface area contributed by atoms with Gasteiger partial charge in [0.15, 0.2) is 0 Å². The number of hydrogen-bond acceptors (Lipinski definition) is 7. The van der Waals surface area contributed by atoms with Crippen molar-refractivity contribution in [3.05, 3.63) is 67.0 Å². The number of benzene rings is 1. The molecule has 0 bridgehead atoms. The van der Waals surface area contributed by atoms with Gasteiger partial charge in [0, 0.05) is 25.5 Å². The Morgan fingerprint density at radius 1 is 1.21 bits per heavy atom. The van der Waals surface area contributed by atoms with Gasteiger partial charge in [-0.15, -0.1) is 17.9 Å². The third-order valence-electron chi connectivity index (χ3n) is 4.90. The topological polar surface area (TPSA) is 132 Å². The van der Waals surface area contributed by atoms with Crippen molar-refractivity contribution in [2.75, 3.05) is 31.6 Å². The summed E-state index contributed by atoms with van der Waals surface area (Å²) in [5, 5.41) is 32.4. The van der Waals surface area contributed by atoms with Gasteiger partial charge in [0.1, 0.15) is 11.9 Å². The van der Waals surface area contributed by atoms with Crippen molar-refractivity contribution in [3.63, 3.8) is 0 Å². The quantitative estimate of drug-likeness (QED) is 0.316. The second-order valence-corrected chi connectivity index (χ2v) is 8.30. The molecule has 0 aliphatic carbocycles. The molecule has 0 saturated carbocycles. The van der Waals surface area contributed by atoms with Gasteiger partial charge >= 0.3 is 6.09 Å². The molecule has 1 atom stereocenters. The Bertz CT molecular complexity index is 1060. The van der Waals surface area contributed by atoms with Crippen molar-refractivity contribution in [2.24, 2.45) is 0 Å². The summed E-state index contributed by atoms with van der Waals surface area (Å²) < 4.78 is 6.40. The molecule has 9 nitrogen and oxygen atoms in total. The molecular formula is C23H25N3O6S. The lowest BCUT2D eigenvalue weighted by molar-refractivity contribution is -0.117. The minimum atomic E-state index is -1.16. The Morgan fingerprint density at radius 3 is 2.55 bits per heavy atom. The molecule has 2 aromatic heterocycles. The number of aliphatic hydroxyl groups is 2.